The first-order valence-corrected chi connectivity index (χ1v) is 6.57. The monoisotopic (exact) mass is 264 g/mol. The van der Waals surface area contributed by atoms with Crippen molar-refractivity contribution in [3.05, 3.63) is 84.7 Å². The van der Waals surface area contributed by atoms with E-state index in [1.807, 2.05) is 71.7 Å². The first-order chi connectivity index (χ1) is 9.92. The Bertz CT molecular complexity index is 648. The van der Waals surface area contributed by atoms with E-state index >= 15 is 0 Å². The fourth-order valence-corrected chi connectivity index (χ4v) is 1.97. The van der Waals surface area contributed by atoms with Gasteiger partial charge in [0.2, 0.25) is 0 Å². The van der Waals surface area contributed by atoms with Crippen molar-refractivity contribution in [3.63, 3.8) is 0 Å². The zero-order chi connectivity index (χ0) is 13.6. The molecule has 0 unspecified atom stereocenters. The quantitative estimate of drug-likeness (QED) is 0.755. The highest BCUT2D eigenvalue weighted by Gasteiger charge is 2.03. The number of hydrogen-bond acceptors (Lipinski definition) is 2. The molecule has 0 saturated heterocycles. The lowest BCUT2D eigenvalue weighted by atomic mass is 10.2. The van der Waals surface area contributed by atoms with Gasteiger partial charge in [-0.2, -0.15) is 0 Å². The maximum Gasteiger partial charge on any atom is 0.144 e. The minimum atomic E-state index is 0.561. The predicted molar refractivity (Wildman–Crippen MR) is 80.7 cm³/mol. The molecule has 3 nitrogen and oxygen atoms in total. The largest absolute Gasteiger partial charge is 0.487 e. The van der Waals surface area contributed by atoms with Gasteiger partial charge >= 0.3 is 0 Å². The number of hydrogen-bond donors (Lipinski definition) is 1. The molecule has 1 N–H and O–H groups in total. The van der Waals surface area contributed by atoms with Crippen LogP contribution < -0.4 is 10.2 Å². The van der Waals surface area contributed by atoms with Crippen LogP contribution in [-0.4, -0.2) is 4.68 Å². The van der Waals surface area contributed by atoms with Crippen LogP contribution in [0.2, 0.25) is 0 Å². The van der Waals surface area contributed by atoms with Crippen LogP contribution in [0, 0.1) is 0 Å². The number of para-hydroxylation sites is 2. The first kappa shape index (κ1) is 12.4. The van der Waals surface area contributed by atoms with E-state index in [0.29, 0.717) is 6.61 Å². The molecule has 2 aromatic carbocycles. The highest BCUT2D eigenvalue weighted by molar-refractivity contribution is 5.55. The minimum Gasteiger partial charge on any atom is -0.487 e. The summed E-state index contributed by atoms with van der Waals surface area (Å²) < 4.78 is 7.79. The molecule has 3 rings (SSSR count). The van der Waals surface area contributed by atoms with Gasteiger partial charge in [0.05, 0.1) is 5.69 Å². The molecular weight excluding hydrogens is 248 g/mol. The summed E-state index contributed by atoms with van der Waals surface area (Å²) in [5.74, 6) is 0.838. The second kappa shape index (κ2) is 5.97. The lowest BCUT2D eigenvalue weighted by molar-refractivity contribution is 0.307. The Morgan fingerprint density at radius 2 is 1.50 bits per heavy atom. The van der Waals surface area contributed by atoms with E-state index in [0.717, 1.165) is 17.0 Å². The van der Waals surface area contributed by atoms with Crippen LogP contribution in [0.5, 0.6) is 5.75 Å². The Morgan fingerprint density at radius 3 is 2.30 bits per heavy atom. The SMILES string of the molecule is c1ccc(COc2ccccc2Nn2cccc2)cc1. The van der Waals surface area contributed by atoms with Gasteiger partial charge in [-0.3, -0.25) is 10.1 Å². The molecule has 1 heterocycles. The summed E-state index contributed by atoms with van der Waals surface area (Å²) in [6.45, 7) is 0.561. The molecule has 0 atom stereocenters. The number of ether oxygens (including phenoxy) is 1. The van der Waals surface area contributed by atoms with Gasteiger partial charge in [0.15, 0.2) is 0 Å². The lowest BCUT2D eigenvalue weighted by Crippen LogP contribution is -2.07. The van der Waals surface area contributed by atoms with Gasteiger partial charge in [0, 0.05) is 12.4 Å². The number of anilines is 1. The topological polar surface area (TPSA) is 26.2 Å². The van der Waals surface area contributed by atoms with Crippen LogP contribution in [0.25, 0.3) is 0 Å². The normalized spacial score (nSPS) is 10.2. The van der Waals surface area contributed by atoms with Crippen molar-refractivity contribution in [2.75, 3.05) is 5.43 Å². The maximum atomic E-state index is 5.90. The van der Waals surface area contributed by atoms with Crippen molar-refractivity contribution in [2.45, 2.75) is 6.61 Å². The lowest BCUT2D eigenvalue weighted by Gasteiger charge is -2.13. The van der Waals surface area contributed by atoms with Gasteiger partial charge < -0.3 is 4.74 Å². The molecule has 0 aliphatic carbocycles. The summed E-state index contributed by atoms with van der Waals surface area (Å²) in [7, 11) is 0. The van der Waals surface area contributed by atoms with Crippen LogP contribution in [-0.2, 0) is 6.61 Å². The second-order valence-corrected chi connectivity index (χ2v) is 4.47. The minimum absolute atomic E-state index is 0.561. The third kappa shape index (κ3) is 3.01. The van der Waals surface area contributed by atoms with Crippen molar-refractivity contribution in [1.29, 1.82) is 0 Å². The van der Waals surface area contributed by atoms with E-state index in [-0.39, 0.29) is 0 Å². The van der Waals surface area contributed by atoms with Gasteiger partial charge in [-0.1, -0.05) is 42.5 Å². The Hall–Kier alpha value is -2.68. The van der Waals surface area contributed by atoms with E-state index in [2.05, 4.69) is 17.6 Å². The first-order valence-electron chi connectivity index (χ1n) is 6.57. The van der Waals surface area contributed by atoms with Gasteiger partial charge in [-0.05, 0) is 29.8 Å². The van der Waals surface area contributed by atoms with Crippen LogP contribution >= 0.6 is 0 Å². The van der Waals surface area contributed by atoms with Crippen molar-refractivity contribution < 1.29 is 4.74 Å². The third-order valence-electron chi connectivity index (χ3n) is 2.98. The molecule has 1 aromatic heterocycles. The zero-order valence-electron chi connectivity index (χ0n) is 11.1. The molecule has 3 aromatic rings. The molecule has 0 saturated carbocycles. The molecule has 0 spiro atoms. The highest BCUT2D eigenvalue weighted by atomic mass is 16.5. The molecule has 0 amide bonds. The van der Waals surface area contributed by atoms with Crippen molar-refractivity contribution >= 4 is 5.69 Å². The Labute approximate surface area is 118 Å². The van der Waals surface area contributed by atoms with Gasteiger partial charge in [0.1, 0.15) is 12.4 Å². The predicted octanol–water partition coefficient (Wildman–Crippen LogP) is 3.94. The van der Waals surface area contributed by atoms with Crippen molar-refractivity contribution in [2.24, 2.45) is 0 Å². The van der Waals surface area contributed by atoms with E-state index in [9.17, 15) is 0 Å². The van der Waals surface area contributed by atoms with E-state index in [4.69, 9.17) is 4.74 Å². The Balaban J connectivity index is 1.73. The summed E-state index contributed by atoms with van der Waals surface area (Å²) in [6.07, 6.45) is 3.90. The molecule has 0 bridgehead atoms. The average Bonchev–Trinajstić information content (AvgIpc) is 3.00. The highest BCUT2D eigenvalue weighted by Crippen LogP contribution is 2.24. The Kier molecular flexibility index (Phi) is 3.69. The van der Waals surface area contributed by atoms with Crippen molar-refractivity contribution in [1.82, 2.24) is 4.68 Å². The molecule has 3 heteroatoms. The molecule has 100 valence electrons. The van der Waals surface area contributed by atoms with Crippen LogP contribution in [0.1, 0.15) is 5.56 Å². The van der Waals surface area contributed by atoms with Crippen LogP contribution in [0.4, 0.5) is 5.69 Å². The Morgan fingerprint density at radius 1 is 0.800 bits per heavy atom. The molecule has 0 aliphatic heterocycles. The van der Waals surface area contributed by atoms with Gasteiger partial charge in [0.25, 0.3) is 0 Å². The molecule has 0 fully saturated rings. The number of rotatable bonds is 5. The summed E-state index contributed by atoms with van der Waals surface area (Å²) in [6, 6.07) is 22.0. The zero-order valence-corrected chi connectivity index (χ0v) is 11.1. The summed E-state index contributed by atoms with van der Waals surface area (Å²) in [5, 5.41) is 0. The van der Waals surface area contributed by atoms with E-state index in [1.54, 1.807) is 0 Å². The number of nitrogens with zero attached hydrogens (tertiary/aromatic N) is 1. The van der Waals surface area contributed by atoms with Gasteiger partial charge in [-0.15, -0.1) is 0 Å². The van der Waals surface area contributed by atoms with E-state index in [1.165, 1.54) is 0 Å². The van der Waals surface area contributed by atoms with Crippen LogP contribution in [0.3, 0.4) is 0 Å². The smallest absolute Gasteiger partial charge is 0.144 e. The number of nitrogens with one attached hydrogen (secondary N) is 1. The van der Waals surface area contributed by atoms with Crippen LogP contribution in [0.15, 0.2) is 79.1 Å². The average molecular weight is 264 g/mol. The fourth-order valence-electron chi connectivity index (χ4n) is 1.97. The third-order valence-corrected chi connectivity index (χ3v) is 2.98. The summed E-state index contributed by atoms with van der Waals surface area (Å²) in [4.78, 5) is 0. The fraction of sp³-hybridized carbons (Fsp3) is 0.0588. The van der Waals surface area contributed by atoms with E-state index < -0.39 is 0 Å². The summed E-state index contributed by atoms with van der Waals surface area (Å²) in [5.41, 5.74) is 5.38. The van der Waals surface area contributed by atoms with Gasteiger partial charge in [-0.25, -0.2) is 0 Å². The molecular formula is C17H16N2O. The number of aromatic nitrogens is 1. The molecule has 0 radical (unpaired) electrons. The standard InChI is InChI=1S/C17H16N2O/c1-2-8-15(9-3-1)14-20-17-11-5-4-10-16(17)18-19-12-6-7-13-19/h1-13,18H,14H2. The molecule has 20 heavy (non-hydrogen) atoms. The molecule has 0 aliphatic rings. The maximum absolute atomic E-state index is 5.90. The second-order valence-electron chi connectivity index (χ2n) is 4.47. The van der Waals surface area contributed by atoms with Crippen molar-refractivity contribution in [3.8, 4) is 5.75 Å². The summed E-state index contributed by atoms with van der Waals surface area (Å²) >= 11 is 0. The number of benzene rings is 2.